The van der Waals surface area contributed by atoms with Crippen molar-refractivity contribution in [1.82, 2.24) is 0 Å². The van der Waals surface area contributed by atoms with Crippen LogP contribution in [0.1, 0.15) is 33.6 Å². The molecule has 0 bridgehead atoms. The fourth-order valence-electron chi connectivity index (χ4n) is 1.50. The molecule has 1 rings (SSSR count). The normalized spacial score (nSPS) is 26.9. The first-order valence-electron chi connectivity index (χ1n) is 5.87. The van der Waals surface area contributed by atoms with Crippen molar-refractivity contribution in [3.05, 3.63) is 12.2 Å². The van der Waals surface area contributed by atoms with E-state index in [4.69, 9.17) is 6.42 Å². The van der Waals surface area contributed by atoms with Crippen LogP contribution in [0.3, 0.4) is 0 Å². The van der Waals surface area contributed by atoms with Crippen LogP contribution < -0.4 is 0 Å². The van der Waals surface area contributed by atoms with Gasteiger partial charge in [0.2, 0.25) is 0 Å². The summed E-state index contributed by atoms with van der Waals surface area (Å²) in [6.07, 6.45) is 11.7. The van der Waals surface area contributed by atoms with E-state index in [0.29, 0.717) is 10.00 Å². The smallest absolute Gasteiger partial charge is 0.0682 e. The molecule has 0 nitrogen and oxygen atoms in total. The molecule has 0 N–H and O–H groups in total. The maximum Gasteiger partial charge on any atom is 0.0682 e. The first-order valence-corrected chi connectivity index (χ1v) is 7.97. The third kappa shape index (κ3) is 4.89. The molecule has 90 valence electrons. The Morgan fingerprint density at radius 3 is 2.44 bits per heavy atom. The Morgan fingerprint density at radius 1 is 1.31 bits per heavy atom. The predicted molar refractivity (Wildman–Crippen MR) is 78.9 cm³/mol. The van der Waals surface area contributed by atoms with Gasteiger partial charge >= 0.3 is 0 Å². The van der Waals surface area contributed by atoms with Crippen LogP contribution in [0.25, 0.3) is 0 Å². The second kappa shape index (κ2) is 6.67. The van der Waals surface area contributed by atoms with E-state index in [0.717, 1.165) is 18.8 Å². The lowest BCUT2D eigenvalue weighted by Crippen LogP contribution is -2.29. The summed E-state index contributed by atoms with van der Waals surface area (Å²) in [6.45, 7) is 7.05. The molecule has 0 amide bonds. The molecule has 0 aromatic heterocycles. The molecule has 1 aliphatic heterocycles. The summed E-state index contributed by atoms with van der Waals surface area (Å²) in [6, 6.07) is 0. The van der Waals surface area contributed by atoms with E-state index < -0.39 is 0 Å². The fourth-order valence-corrected chi connectivity index (χ4v) is 5.03. The molecule has 0 radical (unpaired) electrons. The third-order valence-electron chi connectivity index (χ3n) is 2.90. The van der Waals surface area contributed by atoms with Gasteiger partial charge in [-0.2, -0.15) is 0 Å². The zero-order valence-corrected chi connectivity index (χ0v) is 12.2. The van der Waals surface area contributed by atoms with Gasteiger partial charge in [-0.25, -0.2) is 0 Å². The number of allylic oxidation sites excluding steroid dienone is 1. The zero-order chi connectivity index (χ0) is 12.0. The SMILES string of the molecule is C#CCCC=C[C@H]1SC[C@@H](C(C)(C)C)CS1. The second-order valence-electron chi connectivity index (χ2n) is 5.27. The maximum absolute atomic E-state index is 5.22. The first-order chi connectivity index (χ1) is 7.54. The van der Waals surface area contributed by atoms with Gasteiger partial charge in [0.1, 0.15) is 0 Å². The van der Waals surface area contributed by atoms with Crippen molar-refractivity contribution in [2.75, 3.05) is 11.5 Å². The highest BCUT2D eigenvalue weighted by Crippen LogP contribution is 2.41. The van der Waals surface area contributed by atoms with Crippen molar-refractivity contribution in [3.8, 4) is 12.3 Å². The van der Waals surface area contributed by atoms with E-state index in [1.807, 2.05) is 0 Å². The average molecular weight is 254 g/mol. The molecular weight excluding hydrogens is 232 g/mol. The number of unbranched alkanes of at least 4 members (excludes halogenated alkanes) is 1. The molecule has 1 heterocycles. The summed E-state index contributed by atoms with van der Waals surface area (Å²) in [7, 11) is 0. The van der Waals surface area contributed by atoms with Crippen LogP contribution >= 0.6 is 23.5 Å². The van der Waals surface area contributed by atoms with Gasteiger partial charge in [-0.3, -0.25) is 0 Å². The number of terminal acetylenes is 1. The summed E-state index contributed by atoms with van der Waals surface area (Å²) >= 11 is 4.16. The van der Waals surface area contributed by atoms with Gasteiger partial charge in [-0.1, -0.05) is 32.9 Å². The minimum absolute atomic E-state index is 0.457. The first kappa shape index (κ1) is 14.1. The molecular formula is C14H22S2. The summed E-state index contributed by atoms with van der Waals surface area (Å²) in [5, 5.41) is 0. The summed E-state index contributed by atoms with van der Waals surface area (Å²) in [4.78, 5) is 0. The fraction of sp³-hybridized carbons (Fsp3) is 0.714. The van der Waals surface area contributed by atoms with E-state index in [2.05, 4.69) is 62.4 Å². The molecule has 2 heteroatoms. The Hall–Kier alpha value is -0.000000000000000111. The lowest BCUT2D eigenvalue weighted by atomic mass is 9.83. The third-order valence-corrected chi connectivity index (χ3v) is 5.87. The molecule has 0 saturated carbocycles. The average Bonchev–Trinajstić information content (AvgIpc) is 2.24. The largest absolute Gasteiger partial charge is 0.143 e. The Kier molecular flexibility index (Phi) is 5.86. The van der Waals surface area contributed by atoms with Gasteiger partial charge in [0.05, 0.1) is 4.58 Å². The van der Waals surface area contributed by atoms with Crippen LogP contribution in [0.4, 0.5) is 0 Å². The van der Waals surface area contributed by atoms with Crippen LogP contribution in [0, 0.1) is 23.7 Å². The summed E-state index contributed by atoms with van der Waals surface area (Å²) in [5.74, 6) is 6.10. The van der Waals surface area contributed by atoms with Gasteiger partial charge < -0.3 is 0 Å². The highest BCUT2D eigenvalue weighted by atomic mass is 32.2. The van der Waals surface area contributed by atoms with E-state index in [1.165, 1.54) is 11.5 Å². The lowest BCUT2D eigenvalue weighted by Gasteiger charge is -2.35. The molecule has 0 aromatic rings. The monoisotopic (exact) mass is 254 g/mol. The highest BCUT2D eigenvalue weighted by Gasteiger charge is 2.29. The van der Waals surface area contributed by atoms with Crippen molar-refractivity contribution in [3.63, 3.8) is 0 Å². The van der Waals surface area contributed by atoms with E-state index in [-0.39, 0.29) is 0 Å². The molecule has 0 aliphatic carbocycles. The van der Waals surface area contributed by atoms with Gasteiger partial charge in [0, 0.05) is 6.42 Å². The van der Waals surface area contributed by atoms with Crippen molar-refractivity contribution in [2.45, 2.75) is 38.2 Å². The van der Waals surface area contributed by atoms with E-state index >= 15 is 0 Å². The molecule has 0 atom stereocenters. The molecule has 0 spiro atoms. The molecule has 0 unspecified atom stereocenters. The second-order valence-corrected chi connectivity index (χ2v) is 7.92. The van der Waals surface area contributed by atoms with Gasteiger partial charge in [-0.05, 0) is 29.3 Å². The quantitative estimate of drug-likeness (QED) is 0.415. The number of thioether (sulfide) groups is 2. The van der Waals surface area contributed by atoms with Crippen LogP contribution in [0.5, 0.6) is 0 Å². The molecule has 16 heavy (non-hydrogen) atoms. The maximum atomic E-state index is 5.22. The molecule has 1 aliphatic rings. The Labute approximate surface area is 109 Å². The Balaban J connectivity index is 2.27. The zero-order valence-electron chi connectivity index (χ0n) is 10.5. The number of hydrogen-bond donors (Lipinski definition) is 0. The standard InChI is InChI=1S/C14H22S2/c1-5-6-7-8-9-13-15-10-12(11-16-13)14(2,3)4/h1,8-9,12-13H,6-7,10-11H2,2-4H3/t12-,13+. The van der Waals surface area contributed by atoms with Crippen LogP contribution in [-0.4, -0.2) is 16.1 Å². The van der Waals surface area contributed by atoms with E-state index in [9.17, 15) is 0 Å². The molecule has 1 saturated heterocycles. The van der Waals surface area contributed by atoms with Gasteiger partial charge in [0.25, 0.3) is 0 Å². The van der Waals surface area contributed by atoms with Gasteiger partial charge in [-0.15, -0.1) is 35.9 Å². The van der Waals surface area contributed by atoms with Crippen molar-refractivity contribution in [1.29, 1.82) is 0 Å². The predicted octanol–water partition coefficient (Wildman–Crippen LogP) is 4.42. The lowest BCUT2D eigenvalue weighted by molar-refractivity contribution is 0.293. The molecule has 1 fully saturated rings. The van der Waals surface area contributed by atoms with Crippen molar-refractivity contribution in [2.24, 2.45) is 11.3 Å². The number of rotatable bonds is 3. The van der Waals surface area contributed by atoms with Crippen LogP contribution in [0.2, 0.25) is 0 Å². The Morgan fingerprint density at radius 2 is 1.94 bits per heavy atom. The van der Waals surface area contributed by atoms with Gasteiger partial charge in [0.15, 0.2) is 0 Å². The summed E-state index contributed by atoms with van der Waals surface area (Å²) < 4.78 is 0.649. The topological polar surface area (TPSA) is 0 Å². The van der Waals surface area contributed by atoms with E-state index in [1.54, 1.807) is 0 Å². The molecule has 0 aromatic carbocycles. The number of hydrogen-bond acceptors (Lipinski definition) is 2. The minimum atomic E-state index is 0.457. The van der Waals surface area contributed by atoms with Crippen molar-refractivity contribution < 1.29 is 0 Å². The van der Waals surface area contributed by atoms with Crippen molar-refractivity contribution >= 4 is 23.5 Å². The Bertz CT molecular complexity index is 259. The summed E-state index contributed by atoms with van der Waals surface area (Å²) in [5.41, 5.74) is 0.457. The highest BCUT2D eigenvalue weighted by molar-refractivity contribution is 8.17. The van der Waals surface area contributed by atoms with Crippen LogP contribution in [-0.2, 0) is 0 Å². The minimum Gasteiger partial charge on any atom is -0.143 e. The van der Waals surface area contributed by atoms with Crippen LogP contribution in [0.15, 0.2) is 12.2 Å².